The van der Waals surface area contributed by atoms with Crippen molar-refractivity contribution in [1.82, 2.24) is 10.2 Å². The lowest BCUT2D eigenvalue weighted by atomic mass is 10.0. The number of nitrogens with zero attached hydrogens (tertiary/aromatic N) is 1. The quantitative estimate of drug-likeness (QED) is 0.535. The van der Waals surface area contributed by atoms with Gasteiger partial charge in [0.15, 0.2) is 0 Å². The summed E-state index contributed by atoms with van der Waals surface area (Å²) in [5.41, 5.74) is 2.21. The van der Waals surface area contributed by atoms with Crippen LogP contribution in [0.5, 0.6) is 0 Å². The van der Waals surface area contributed by atoms with E-state index < -0.39 is 0 Å². The predicted molar refractivity (Wildman–Crippen MR) is 116 cm³/mol. The SMILES string of the molecule is Clc1ccc(Cl)c(-c2ccc(CNC3CCN(Cc4ccccc4)CC3)o2)c1. The Balaban J connectivity index is 1.27. The summed E-state index contributed by atoms with van der Waals surface area (Å²) in [6.07, 6.45) is 2.31. The largest absolute Gasteiger partial charge is 0.460 e. The van der Waals surface area contributed by atoms with Crippen LogP contribution in [-0.4, -0.2) is 24.0 Å². The molecule has 0 bridgehead atoms. The molecule has 146 valence electrons. The van der Waals surface area contributed by atoms with Gasteiger partial charge in [0.05, 0.1) is 11.6 Å². The predicted octanol–water partition coefficient (Wildman–Crippen LogP) is 6.01. The van der Waals surface area contributed by atoms with Crippen molar-refractivity contribution in [2.75, 3.05) is 13.1 Å². The highest BCUT2D eigenvalue weighted by Gasteiger charge is 2.19. The van der Waals surface area contributed by atoms with Gasteiger partial charge in [-0.1, -0.05) is 53.5 Å². The molecule has 0 aliphatic carbocycles. The molecular weight excluding hydrogens is 391 g/mol. The molecule has 1 N–H and O–H groups in total. The third-order valence-electron chi connectivity index (χ3n) is 5.26. The minimum absolute atomic E-state index is 0.523. The number of furan rings is 1. The highest BCUT2D eigenvalue weighted by molar-refractivity contribution is 6.35. The van der Waals surface area contributed by atoms with Crippen molar-refractivity contribution < 1.29 is 4.42 Å². The van der Waals surface area contributed by atoms with E-state index in [0.29, 0.717) is 16.1 Å². The van der Waals surface area contributed by atoms with Gasteiger partial charge in [-0.25, -0.2) is 0 Å². The Morgan fingerprint density at radius 3 is 2.54 bits per heavy atom. The first-order valence-corrected chi connectivity index (χ1v) is 10.5. The van der Waals surface area contributed by atoms with Gasteiger partial charge in [0.1, 0.15) is 11.5 Å². The van der Waals surface area contributed by atoms with E-state index in [0.717, 1.165) is 56.1 Å². The molecule has 1 fully saturated rings. The highest BCUT2D eigenvalue weighted by atomic mass is 35.5. The van der Waals surface area contributed by atoms with Gasteiger partial charge < -0.3 is 9.73 Å². The Morgan fingerprint density at radius 2 is 1.75 bits per heavy atom. The van der Waals surface area contributed by atoms with Crippen molar-refractivity contribution >= 4 is 23.2 Å². The fourth-order valence-electron chi connectivity index (χ4n) is 3.69. The minimum Gasteiger partial charge on any atom is -0.460 e. The fourth-order valence-corrected chi connectivity index (χ4v) is 4.07. The monoisotopic (exact) mass is 414 g/mol. The summed E-state index contributed by atoms with van der Waals surface area (Å²) in [5.74, 6) is 1.67. The van der Waals surface area contributed by atoms with Crippen LogP contribution in [0.25, 0.3) is 11.3 Å². The van der Waals surface area contributed by atoms with Gasteiger partial charge in [0.25, 0.3) is 0 Å². The zero-order valence-electron chi connectivity index (χ0n) is 15.7. The number of likely N-dealkylation sites (tertiary alicyclic amines) is 1. The lowest BCUT2D eigenvalue weighted by Gasteiger charge is -2.32. The maximum absolute atomic E-state index is 6.27. The average Bonchev–Trinajstić information content (AvgIpc) is 3.19. The fraction of sp³-hybridized carbons (Fsp3) is 0.304. The van der Waals surface area contributed by atoms with E-state index in [9.17, 15) is 0 Å². The average molecular weight is 415 g/mol. The topological polar surface area (TPSA) is 28.4 Å². The standard InChI is InChI=1S/C23H24Cl2N2O/c24-18-6-8-22(25)21(14-18)23-9-7-20(28-23)15-26-19-10-12-27(13-11-19)16-17-4-2-1-3-5-17/h1-9,14,19,26H,10-13,15-16H2. The first-order chi connectivity index (χ1) is 13.7. The molecule has 2 aromatic carbocycles. The molecule has 1 saturated heterocycles. The van der Waals surface area contributed by atoms with E-state index in [-0.39, 0.29) is 0 Å². The smallest absolute Gasteiger partial charge is 0.135 e. The van der Waals surface area contributed by atoms with Gasteiger partial charge in [0, 0.05) is 23.2 Å². The molecule has 3 aromatic rings. The molecule has 0 radical (unpaired) electrons. The summed E-state index contributed by atoms with van der Waals surface area (Å²) >= 11 is 12.4. The Morgan fingerprint density at radius 1 is 0.964 bits per heavy atom. The third-order valence-corrected chi connectivity index (χ3v) is 5.82. The summed E-state index contributed by atoms with van der Waals surface area (Å²) in [5, 5.41) is 4.93. The van der Waals surface area contributed by atoms with Gasteiger partial charge in [-0.05, 0) is 61.8 Å². The van der Waals surface area contributed by atoms with Crippen LogP contribution in [0.3, 0.4) is 0 Å². The first-order valence-electron chi connectivity index (χ1n) is 9.71. The molecule has 0 unspecified atom stereocenters. The lowest BCUT2D eigenvalue weighted by Crippen LogP contribution is -2.41. The van der Waals surface area contributed by atoms with Crippen molar-refractivity contribution in [2.45, 2.75) is 32.0 Å². The van der Waals surface area contributed by atoms with Crippen molar-refractivity contribution in [3.8, 4) is 11.3 Å². The first kappa shape index (κ1) is 19.5. The van der Waals surface area contributed by atoms with Gasteiger partial charge in [0.2, 0.25) is 0 Å². The maximum atomic E-state index is 6.27. The summed E-state index contributed by atoms with van der Waals surface area (Å²) in [4.78, 5) is 2.53. The number of halogens is 2. The van der Waals surface area contributed by atoms with Crippen LogP contribution < -0.4 is 5.32 Å². The second-order valence-electron chi connectivity index (χ2n) is 7.31. The molecule has 4 rings (SSSR count). The summed E-state index contributed by atoms with van der Waals surface area (Å²) in [7, 11) is 0. The molecule has 1 aromatic heterocycles. The second kappa shape index (κ2) is 9.15. The zero-order chi connectivity index (χ0) is 19.3. The Hall–Kier alpha value is -1.78. The number of benzene rings is 2. The second-order valence-corrected chi connectivity index (χ2v) is 8.15. The Labute approximate surface area is 176 Å². The lowest BCUT2D eigenvalue weighted by molar-refractivity contribution is 0.189. The van der Waals surface area contributed by atoms with E-state index in [1.54, 1.807) is 12.1 Å². The number of piperidine rings is 1. The van der Waals surface area contributed by atoms with Crippen molar-refractivity contribution in [1.29, 1.82) is 0 Å². The zero-order valence-corrected chi connectivity index (χ0v) is 17.2. The molecule has 2 heterocycles. The molecule has 0 atom stereocenters. The van der Waals surface area contributed by atoms with Crippen LogP contribution in [0.4, 0.5) is 0 Å². The third kappa shape index (κ3) is 4.98. The molecule has 28 heavy (non-hydrogen) atoms. The molecule has 0 amide bonds. The maximum Gasteiger partial charge on any atom is 0.135 e. The van der Waals surface area contributed by atoms with Crippen molar-refractivity contribution in [2.24, 2.45) is 0 Å². The molecule has 0 spiro atoms. The molecule has 5 heteroatoms. The van der Waals surface area contributed by atoms with E-state index in [4.69, 9.17) is 27.6 Å². The van der Waals surface area contributed by atoms with Crippen LogP contribution in [0.2, 0.25) is 10.0 Å². The van der Waals surface area contributed by atoms with Crippen LogP contribution >= 0.6 is 23.2 Å². The molecule has 0 saturated carbocycles. The Kier molecular flexibility index (Phi) is 6.38. The van der Waals surface area contributed by atoms with E-state index >= 15 is 0 Å². The van der Waals surface area contributed by atoms with E-state index in [2.05, 4.69) is 40.5 Å². The van der Waals surface area contributed by atoms with Crippen LogP contribution in [0, 0.1) is 0 Å². The molecular formula is C23H24Cl2N2O. The van der Waals surface area contributed by atoms with Gasteiger partial charge in [-0.2, -0.15) is 0 Å². The van der Waals surface area contributed by atoms with Crippen LogP contribution in [-0.2, 0) is 13.1 Å². The summed E-state index contributed by atoms with van der Waals surface area (Å²) in [6.45, 7) is 4.00. The van der Waals surface area contributed by atoms with Gasteiger partial charge in [-0.3, -0.25) is 4.90 Å². The number of hydrogen-bond donors (Lipinski definition) is 1. The van der Waals surface area contributed by atoms with E-state index in [1.807, 2.05) is 18.2 Å². The number of nitrogens with one attached hydrogen (secondary N) is 1. The summed E-state index contributed by atoms with van der Waals surface area (Å²) < 4.78 is 5.98. The molecule has 1 aliphatic heterocycles. The van der Waals surface area contributed by atoms with Gasteiger partial charge in [-0.15, -0.1) is 0 Å². The normalized spacial score (nSPS) is 15.8. The van der Waals surface area contributed by atoms with Crippen molar-refractivity contribution in [3.63, 3.8) is 0 Å². The Bertz CT molecular complexity index is 902. The van der Waals surface area contributed by atoms with Crippen LogP contribution in [0.1, 0.15) is 24.2 Å². The number of hydrogen-bond acceptors (Lipinski definition) is 3. The minimum atomic E-state index is 0.523. The van der Waals surface area contributed by atoms with Crippen molar-refractivity contribution in [3.05, 3.63) is 82.0 Å². The van der Waals surface area contributed by atoms with Gasteiger partial charge >= 0.3 is 0 Å². The van der Waals surface area contributed by atoms with Crippen LogP contribution in [0.15, 0.2) is 65.1 Å². The summed E-state index contributed by atoms with van der Waals surface area (Å²) in [6, 6.07) is 20.6. The number of rotatable bonds is 6. The highest BCUT2D eigenvalue weighted by Crippen LogP contribution is 2.31. The van der Waals surface area contributed by atoms with E-state index in [1.165, 1.54) is 5.56 Å². The molecule has 3 nitrogen and oxygen atoms in total. The molecule has 1 aliphatic rings.